The molecule has 90 valence electrons. The molecule has 1 unspecified atom stereocenters. The largest absolute Gasteiger partial charge is 0.497 e. The first kappa shape index (κ1) is 12.8. The van der Waals surface area contributed by atoms with Crippen LogP contribution in [0, 0.1) is 5.92 Å². The molecule has 0 saturated heterocycles. The van der Waals surface area contributed by atoms with Gasteiger partial charge in [-0.3, -0.25) is 0 Å². The van der Waals surface area contributed by atoms with Gasteiger partial charge < -0.3 is 15.2 Å². The standard InChI is InChI=1S/C13H21NO2/c1-9(2)12(14)8-10-7-11(15-3)5-6-13(10)16-4/h5-7,9,12H,8,14H2,1-4H3. The minimum Gasteiger partial charge on any atom is -0.497 e. The average molecular weight is 223 g/mol. The number of rotatable bonds is 5. The van der Waals surface area contributed by atoms with E-state index in [2.05, 4.69) is 13.8 Å². The van der Waals surface area contributed by atoms with Gasteiger partial charge in [-0.2, -0.15) is 0 Å². The van der Waals surface area contributed by atoms with Gasteiger partial charge in [0.1, 0.15) is 11.5 Å². The van der Waals surface area contributed by atoms with Gasteiger partial charge in [-0.25, -0.2) is 0 Å². The van der Waals surface area contributed by atoms with E-state index in [1.54, 1.807) is 14.2 Å². The summed E-state index contributed by atoms with van der Waals surface area (Å²) in [7, 11) is 3.33. The Morgan fingerprint density at radius 1 is 1.19 bits per heavy atom. The fourth-order valence-electron chi connectivity index (χ4n) is 1.53. The van der Waals surface area contributed by atoms with Crippen LogP contribution < -0.4 is 15.2 Å². The summed E-state index contributed by atoms with van der Waals surface area (Å²) in [5.74, 6) is 2.17. The molecule has 1 aromatic carbocycles. The predicted molar refractivity (Wildman–Crippen MR) is 66.1 cm³/mol. The third-order valence-corrected chi connectivity index (χ3v) is 2.80. The Morgan fingerprint density at radius 3 is 2.38 bits per heavy atom. The average Bonchev–Trinajstić information content (AvgIpc) is 2.28. The maximum Gasteiger partial charge on any atom is 0.122 e. The lowest BCUT2D eigenvalue weighted by Gasteiger charge is -2.17. The first-order valence-electron chi connectivity index (χ1n) is 5.55. The molecule has 16 heavy (non-hydrogen) atoms. The fourth-order valence-corrected chi connectivity index (χ4v) is 1.53. The van der Waals surface area contributed by atoms with Gasteiger partial charge in [0.25, 0.3) is 0 Å². The molecule has 2 N–H and O–H groups in total. The van der Waals surface area contributed by atoms with Crippen molar-refractivity contribution < 1.29 is 9.47 Å². The Bertz CT molecular complexity index is 337. The van der Waals surface area contributed by atoms with Crippen LogP contribution in [0.3, 0.4) is 0 Å². The molecule has 0 aliphatic rings. The first-order chi connectivity index (χ1) is 7.58. The second-order valence-electron chi connectivity index (χ2n) is 4.29. The summed E-state index contributed by atoms with van der Waals surface area (Å²) in [6, 6.07) is 5.94. The van der Waals surface area contributed by atoms with Gasteiger partial charge >= 0.3 is 0 Å². The summed E-state index contributed by atoms with van der Waals surface area (Å²) in [4.78, 5) is 0. The first-order valence-corrected chi connectivity index (χ1v) is 5.55. The van der Waals surface area contributed by atoms with Crippen LogP contribution in [-0.2, 0) is 6.42 Å². The Kier molecular flexibility index (Phi) is 4.62. The van der Waals surface area contributed by atoms with Crippen LogP contribution in [0.5, 0.6) is 11.5 Å². The molecule has 0 amide bonds. The molecule has 3 heteroatoms. The van der Waals surface area contributed by atoms with Crippen molar-refractivity contribution in [3.63, 3.8) is 0 Å². The van der Waals surface area contributed by atoms with Gasteiger partial charge in [0, 0.05) is 6.04 Å². The third-order valence-electron chi connectivity index (χ3n) is 2.80. The molecule has 0 saturated carbocycles. The Balaban J connectivity index is 2.91. The van der Waals surface area contributed by atoms with Crippen molar-refractivity contribution in [1.29, 1.82) is 0 Å². The summed E-state index contributed by atoms with van der Waals surface area (Å²) < 4.78 is 10.5. The molecule has 0 aliphatic carbocycles. The van der Waals surface area contributed by atoms with E-state index in [4.69, 9.17) is 15.2 Å². The predicted octanol–water partition coefficient (Wildman–Crippen LogP) is 2.23. The highest BCUT2D eigenvalue weighted by molar-refractivity contribution is 5.40. The Hall–Kier alpha value is -1.22. The quantitative estimate of drug-likeness (QED) is 0.832. The van der Waals surface area contributed by atoms with Crippen molar-refractivity contribution in [3.05, 3.63) is 23.8 Å². The number of ether oxygens (including phenoxy) is 2. The molecular formula is C13H21NO2. The maximum absolute atomic E-state index is 6.07. The van der Waals surface area contributed by atoms with Crippen molar-refractivity contribution in [1.82, 2.24) is 0 Å². The fraction of sp³-hybridized carbons (Fsp3) is 0.538. The zero-order valence-corrected chi connectivity index (χ0v) is 10.5. The Labute approximate surface area is 97.6 Å². The smallest absolute Gasteiger partial charge is 0.122 e. The van der Waals surface area contributed by atoms with E-state index in [1.165, 1.54) is 0 Å². The second-order valence-corrected chi connectivity index (χ2v) is 4.29. The normalized spacial score (nSPS) is 12.6. The minimum atomic E-state index is 0.140. The topological polar surface area (TPSA) is 44.5 Å². The van der Waals surface area contributed by atoms with Gasteiger partial charge in [-0.1, -0.05) is 13.8 Å². The van der Waals surface area contributed by atoms with Crippen molar-refractivity contribution in [2.24, 2.45) is 11.7 Å². The van der Waals surface area contributed by atoms with E-state index < -0.39 is 0 Å². The van der Waals surface area contributed by atoms with Gasteiger partial charge in [0.05, 0.1) is 14.2 Å². The lowest BCUT2D eigenvalue weighted by molar-refractivity contribution is 0.393. The number of hydrogen-bond acceptors (Lipinski definition) is 3. The van der Waals surface area contributed by atoms with Crippen LogP contribution in [0.1, 0.15) is 19.4 Å². The molecule has 0 aromatic heterocycles. The molecule has 0 radical (unpaired) electrons. The zero-order chi connectivity index (χ0) is 12.1. The minimum absolute atomic E-state index is 0.140. The van der Waals surface area contributed by atoms with Crippen LogP contribution in [-0.4, -0.2) is 20.3 Å². The summed E-state index contributed by atoms with van der Waals surface area (Å²) in [5.41, 5.74) is 7.17. The molecule has 0 bridgehead atoms. The lowest BCUT2D eigenvalue weighted by atomic mass is 9.97. The monoisotopic (exact) mass is 223 g/mol. The van der Waals surface area contributed by atoms with E-state index in [1.807, 2.05) is 18.2 Å². The number of benzene rings is 1. The zero-order valence-electron chi connectivity index (χ0n) is 10.5. The highest BCUT2D eigenvalue weighted by Gasteiger charge is 2.12. The van der Waals surface area contributed by atoms with Gasteiger partial charge in [-0.15, -0.1) is 0 Å². The van der Waals surface area contributed by atoms with Crippen LogP contribution in [0.2, 0.25) is 0 Å². The van der Waals surface area contributed by atoms with E-state index in [-0.39, 0.29) is 6.04 Å². The number of methoxy groups -OCH3 is 2. The van der Waals surface area contributed by atoms with Crippen molar-refractivity contribution in [2.45, 2.75) is 26.3 Å². The van der Waals surface area contributed by atoms with E-state index >= 15 is 0 Å². The summed E-state index contributed by atoms with van der Waals surface area (Å²) in [6.07, 6.45) is 0.804. The summed E-state index contributed by atoms with van der Waals surface area (Å²) in [5, 5.41) is 0. The van der Waals surface area contributed by atoms with Crippen LogP contribution in [0.25, 0.3) is 0 Å². The summed E-state index contributed by atoms with van der Waals surface area (Å²) in [6.45, 7) is 4.24. The molecule has 0 spiro atoms. The highest BCUT2D eigenvalue weighted by atomic mass is 16.5. The molecule has 1 rings (SSSR count). The van der Waals surface area contributed by atoms with Gasteiger partial charge in [-0.05, 0) is 36.1 Å². The number of nitrogens with two attached hydrogens (primary N) is 1. The SMILES string of the molecule is COc1ccc(OC)c(CC(N)C(C)C)c1. The van der Waals surface area contributed by atoms with Crippen LogP contribution in [0.15, 0.2) is 18.2 Å². The second kappa shape index (κ2) is 5.75. The van der Waals surface area contributed by atoms with E-state index in [0.29, 0.717) is 5.92 Å². The van der Waals surface area contributed by atoms with E-state index in [9.17, 15) is 0 Å². The number of hydrogen-bond donors (Lipinski definition) is 1. The van der Waals surface area contributed by atoms with Gasteiger partial charge in [0.15, 0.2) is 0 Å². The molecule has 1 atom stereocenters. The van der Waals surface area contributed by atoms with Crippen molar-refractivity contribution in [3.8, 4) is 11.5 Å². The Morgan fingerprint density at radius 2 is 1.88 bits per heavy atom. The maximum atomic E-state index is 6.07. The molecule has 1 aromatic rings. The van der Waals surface area contributed by atoms with Crippen molar-refractivity contribution in [2.75, 3.05) is 14.2 Å². The molecule has 0 fully saturated rings. The highest BCUT2D eigenvalue weighted by Crippen LogP contribution is 2.25. The van der Waals surface area contributed by atoms with Crippen molar-refractivity contribution >= 4 is 0 Å². The molecule has 0 aliphatic heterocycles. The van der Waals surface area contributed by atoms with E-state index in [0.717, 1.165) is 23.5 Å². The lowest BCUT2D eigenvalue weighted by Crippen LogP contribution is -2.28. The van der Waals surface area contributed by atoms with Crippen LogP contribution >= 0.6 is 0 Å². The molecular weight excluding hydrogens is 202 g/mol. The summed E-state index contributed by atoms with van der Waals surface area (Å²) >= 11 is 0. The third kappa shape index (κ3) is 3.14. The molecule has 3 nitrogen and oxygen atoms in total. The van der Waals surface area contributed by atoms with Gasteiger partial charge in [0.2, 0.25) is 0 Å². The molecule has 0 heterocycles. The van der Waals surface area contributed by atoms with Crippen LogP contribution in [0.4, 0.5) is 0 Å².